The van der Waals surface area contributed by atoms with Crippen molar-refractivity contribution < 1.29 is 8.42 Å². The third kappa shape index (κ3) is 5.19. The number of benzene rings is 2. The number of anilines is 3. The lowest BCUT2D eigenvalue weighted by atomic mass is 10.1. The summed E-state index contributed by atoms with van der Waals surface area (Å²) in [6.07, 6.45) is 1.73. The number of rotatable bonds is 8. The molecule has 0 unspecified atom stereocenters. The Morgan fingerprint density at radius 2 is 1.62 bits per heavy atom. The van der Waals surface area contributed by atoms with Crippen LogP contribution in [0.1, 0.15) is 11.4 Å². The summed E-state index contributed by atoms with van der Waals surface area (Å²) in [7, 11) is -3.65. The van der Waals surface area contributed by atoms with Crippen LogP contribution in [-0.4, -0.2) is 36.5 Å². The minimum atomic E-state index is -3.65. The number of nitrogens with zero attached hydrogens (tertiary/aromatic N) is 3. The van der Waals surface area contributed by atoms with Gasteiger partial charge in [-0.1, -0.05) is 36.4 Å². The van der Waals surface area contributed by atoms with Gasteiger partial charge in [-0.3, -0.25) is 0 Å². The molecule has 8 nitrogen and oxygen atoms in total. The predicted molar refractivity (Wildman–Crippen MR) is 127 cm³/mol. The molecule has 3 N–H and O–H groups in total. The highest BCUT2D eigenvalue weighted by molar-refractivity contribution is 7.89. The molecule has 0 amide bonds. The maximum absolute atomic E-state index is 12.8. The van der Waals surface area contributed by atoms with Crippen LogP contribution in [0.15, 0.2) is 71.8 Å². The van der Waals surface area contributed by atoms with Crippen LogP contribution in [0.3, 0.4) is 0 Å². The second kappa shape index (κ2) is 9.29. The van der Waals surface area contributed by atoms with Crippen LogP contribution in [0.25, 0.3) is 10.8 Å². The Bertz CT molecular complexity index is 1350. The van der Waals surface area contributed by atoms with Crippen LogP contribution in [0.2, 0.25) is 0 Å². The lowest BCUT2D eigenvalue weighted by Gasteiger charge is -2.12. The molecule has 0 spiro atoms. The van der Waals surface area contributed by atoms with Crippen LogP contribution >= 0.6 is 0 Å². The number of nitrogens with one attached hydrogen (secondary N) is 3. The Hall–Kier alpha value is -3.56. The van der Waals surface area contributed by atoms with Crippen molar-refractivity contribution >= 4 is 38.2 Å². The molecule has 0 radical (unpaired) electrons. The van der Waals surface area contributed by atoms with Crippen LogP contribution in [-0.2, 0) is 10.0 Å². The van der Waals surface area contributed by atoms with E-state index in [9.17, 15) is 8.42 Å². The van der Waals surface area contributed by atoms with Crippen molar-refractivity contribution in [2.24, 2.45) is 0 Å². The van der Waals surface area contributed by atoms with Gasteiger partial charge in [0.05, 0.1) is 4.90 Å². The van der Waals surface area contributed by atoms with Crippen molar-refractivity contribution in [2.75, 3.05) is 23.7 Å². The molecule has 0 aliphatic rings. The molecule has 0 saturated heterocycles. The zero-order valence-corrected chi connectivity index (χ0v) is 18.6. The summed E-state index contributed by atoms with van der Waals surface area (Å²) in [4.78, 5) is 13.3. The van der Waals surface area contributed by atoms with Gasteiger partial charge in [-0.15, -0.1) is 0 Å². The zero-order chi connectivity index (χ0) is 22.6. The summed E-state index contributed by atoms with van der Waals surface area (Å²) in [6.45, 7) is 4.35. The number of pyridine rings is 1. The second-order valence-electron chi connectivity index (χ2n) is 7.33. The van der Waals surface area contributed by atoms with Gasteiger partial charge in [-0.25, -0.2) is 28.1 Å². The Morgan fingerprint density at radius 1 is 0.844 bits per heavy atom. The number of fused-ring (bicyclic) bond motifs is 1. The SMILES string of the molecule is Cc1ccnc(Nc2cc(NCCNS(=O)(=O)c3cccc4ccccc34)nc(C)n2)c1. The maximum atomic E-state index is 12.8. The second-order valence-corrected chi connectivity index (χ2v) is 9.07. The third-order valence-electron chi connectivity index (χ3n) is 4.77. The number of hydrogen-bond acceptors (Lipinski definition) is 7. The average Bonchev–Trinajstić information content (AvgIpc) is 2.76. The first-order valence-electron chi connectivity index (χ1n) is 10.2. The fourth-order valence-corrected chi connectivity index (χ4v) is 4.60. The van der Waals surface area contributed by atoms with Gasteiger partial charge in [-0.05, 0) is 43.0 Å². The van der Waals surface area contributed by atoms with E-state index in [0.717, 1.165) is 10.9 Å². The number of aromatic nitrogens is 3. The number of hydrogen-bond donors (Lipinski definition) is 3. The Morgan fingerprint density at radius 3 is 2.47 bits per heavy atom. The molecule has 2 aromatic heterocycles. The molecule has 4 aromatic rings. The summed E-state index contributed by atoms with van der Waals surface area (Å²) in [5.41, 5.74) is 1.09. The molecular weight excluding hydrogens is 424 g/mol. The summed E-state index contributed by atoms with van der Waals surface area (Å²) in [5, 5.41) is 7.89. The molecule has 2 aromatic carbocycles. The minimum Gasteiger partial charge on any atom is -0.369 e. The monoisotopic (exact) mass is 448 g/mol. The van der Waals surface area contributed by atoms with E-state index >= 15 is 0 Å². The van der Waals surface area contributed by atoms with E-state index in [1.807, 2.05) is 49.4 Å². The predicted octanol–water partition coefficient (Wildman–Crippen LogP) is 3.78. The molecule has 0 bridgehead atoms. The molecule has 9 heteroatoms. The van der Waals surface area contributed by atoms with Gasteiger partial charge in [0.25, 0.3) is 0 Å². The number of aryl methyl sites for hydroxylation is 2. The Labute approximate surface area is 187 Å². The normalized spacial score (nSPS) is 11.4. The van der Waals surface area contributed by atoms with Crippen molar-refractivity contribution in [1.29, 1.82) is 0 Å². The lowest BCUT2D eigenvalue weighted by Crippen LogP contribution is -2.29. The highest BCUT2D eigenvalue weighted by atomic mass is 32.2. The molecule has 164 valence electrons. The molecule has 32 heavy (non-hydrogen) atoms. The fourth-order valence-electron chi connectivity index (χ4n) is 3.34. The van der Waals surface area contributed by atoms with Crippen LogP contribution in [0.5, 0.6) is 0 Å². The van der Waals surface area contributed by atoms with Gasteiger partial charge in [0, 0.05) is 30.7 Å². The minimum absolute atomic E-state index is 0.205. The van der Waals surface area contributed by atoms with E-state index in [2.05, 4.69) is 30.3 Å². The average molecular weight is 449 g/mol. The van der Waals surface area contributed by atoms with Crippen LogP contribution in [0.4, 0.5) is 17.5 Å². The first-order valence-corrected chi connectivity index (χ1v) is 11.7. The van der Waals surface area contributed by atoms with E-state index in [0.29, 0.717) is 35.2 Å². The molecule has 0 saturated carbocycles. The summed E-state index contributed by atoms with van der Waals surface area (Å²) < 4.78 is 28.3. The molecule has 0 fully saturated rings. The van der Waals surface area contributed by atoms with Crippen molar-refractivity contribution in [3.8, 4) is 0 Å². The molecule has 4 rings (SSSR count). The number of sulfonamides is 1. The summed E-state index contributed by atoms with van der Waals surface area (Å²) >= 11 is 0. The topological polar surface area (TPSA) is 109 Å². The Kier molecular flexibility index (Phi) is 6.29. The zero-order valence-electron chi connectivity index (χ0n) is 17.8. The van der Waals surface area contributed by atoms with Gasteiger partial charge < -0.3 is 10.6 Å². The van der Waals surface area contributed by atoms with Gasteiger partial charge in [0.1, 0.15) is 23.3 Å². The standard InChI is InChI=1S/C23H24N6O2S/c1-16-10-11-24-21(14-16)29-23-15-22(27-17(2)28-23)25-12-13-26-32(30,31)20-9-5-7-18-6-3-4-8-19(18)20/h3-11,14-15,26H,12-13H2,1-2H3,(H2,24,25,27,28,29). The van der Waals surface area contributed by atoms with E-state index in [4.69, 9.17) is 0 Å². The van der Waals surface area contributed by atoms with Crippen molar-refractivity contribution in [1.82, 2.24) is 19.7 Å². The third-order valence-corrected chi connectivity index (χ3v) is 6.29. The van der Waals surface area contributed by atoms with E-state index in [-0.39, 0.29) is 11.4 Å². The fraction of sp³-hybridized carbons (Fsp3) is 0.174. The maximum Gasteiger partial charge on any atom is 0.241 e. The van der Waals surface area contributed by atoms with E-state index < -0.39 is 10.0 Å². The highest BCUT2D eigenvalue weighted by Crippen LogP contribution is 2.22. The summed E-state index contributed by atoms with van der Waals surface area (Å²) in [5.74, 6) is 2.48. The van der Waals surface area contributed by atoms with Crippen LogP contribution < -0.4 is 15.4 Å². The van der Waals surface area contributed by atoms with Gasteiger partial charge in [0.2, 0.25) is 10.0 Å². The first-order chi connectivity index (χ1) is 15.4. The van der Waals surface area contributed by atoms with Gasteiger partial charge in [-0.2, -0.15) is 0 Å². The molecule has 0 aliphatic heterocycles. The Balaban J connectivity index is 1.39. The van der Waals surface area contributed by atoms with E-state index in [1.54, 1.807) is 31.3 Å². The molecule has 2 heterocycles. The lowest BCUT2D eigenvalue weighted by molar-refractivity contribution is 0.584. The van der Waals surface area contributed by atoms with Gasteiger partial charge in [0.15, 0.2) is 0 Å². The van der Waals surface area contributed by atoms with Crippen LogP contribution in [0, 0.1) is 13.8 Å². The van der Waals surface area contributed by atoms with E-state index in [1.165, 1.54) is 0 Å². The molecule has 0 aliphatic carbocycles. The van der Waals surface area contributed by atoms with Crippen molar-refractivity contribution in [3.05, 3.63) is 78.2 Å². The summed E-state index contributed by atoms with van der Waals surface area (Å²) in [6, 6.07) is 18.3. The highest BCUT2D eigenvalue weighted by Gasteiger charge is 2.16. The smallest absolute Gasteiger partial charge is 0.241 e. The van der Waals surface area contributed by atoms with Gasteiger partial charge >= 0.3 is 0 Å². The quantitative estimate of drug-likeness (QED) is 0.352. The van der Waals surface area contributed by atoms with Crippen molar-refractivity contribution in [3.63, 3.8) is 0 Å². The largest absolute Gasteiger partial charge is 0.369 e. The molecule has 0 atom stereocenters. The first kappa shape index (κ1) is 21.7. The van der Waals surface area contributed by atoms with Crippen molar-refractivity contribution in [2.45, 2.75) is 18.7 Å². The molecular formula is C23H24N6O2S.